The molecule has 0 aliphatic heterocycles. The number of benzene rings is 1. The van der Waals surface area contributed by atoms with Gasteiger partial charge in [0.1, 0.15) is 11.3 Å². The molecule has 3 N–H and O–H groups in total. The van der Waals surface area contributed by atoms with Gasteiger partial charge in [-0.15, -0.1) is 0 Å². The van der Waals surface area contributed by atoms with Crippen molar-refractivity contribution in [3.8, 4) is 0 Å². The van der Waals surface area contributed by atoms with E-state index in [-0.39, 0.29) is 12.3 Å². The number of hydrogen-bond donors (Lipinski definition) is 3. The normalized spacial score (nSPS) is 10.5. The Hall–Kier alpha value is -3.26. The summed E-state index contributed by atoms with van der Waals surface area (Å²) in [7, 11) is 0. The first-order chi connectivity index (χ1) is 12.5. The zero-order valence-electron chi connectivity index (χ0n) is 13.6. The van der Waals surface area contributed by atoms with Gasteiger partial charge < -0.3 is 14.2 Å². The number of hydrazine groups is 1. The van der Waals surface area contributed by atoms with Gasteiger partial charge in [-0.05, 0) is 37.3 Å². The third-order valence-electron chi connectivity index (χ3n) is 3.60. The number of fused-ring (bicyclic) bond motifs is 1. The third kappa shape index (κ3) is 3.70. The fourth-order valence-electron chi connectivity index (χ4n) is 2.30. The van der Waals surface area contributed by atoms with E-state index >= 15 is 0 Å². The quantitative estimate of drug-likeness (QED) is 0.479. The molecule has 3 amide bonds. The number of furan rings is 2. The van der Waals surface area contributed by atoms with Crippen molar-refractivity contribution < 1.29 is 23.2 Å². The van der Waals surface area contributed by atoms with Crippen LogP contribution in [0.5, 0.6) is 0 Å². The van der Waals surface area contributed by atoms with Crippen molar-refractivity contribution in [2.75, 3.05) is 0 Å². The molecule has 3 aromatic rings. The van der Waals surface area contributed by atoms with E-state index in [2.05, 4.69) is 10.7 Å². The summed E-state index contributed by atoms with van der Waals surface area (Å²) in [4.78, 5) is 35.6. The number of nitrogens with one attached hydrogen (secondary N) is 3. The van der Waals surface area contributed by atoms with E-state index in [1.165, 1.54) is 6.26 Å². The van der Waals surface area contributed by atoms with E-state index in [0.717, 1.165) is 0 Å². The lowest BCUT2D eigenvalue weighted by molar-refractivity contribution is -0.139. The lowest BCUT2D eigenvalue weighted by atomic mass is 10.1. The van der Waals surface area contributed by atoms with E-state index < -0.39 is 17.7 Å². The molecule has 3 rings (SSSR count). The van der Waals surface area contributed by atoms with Gasteiger partial charge in [-0.1, -0.05) is 11.6 Å². The maximum atomic E-state index is 12.2. The van der Waals surface area contributed by atoms with Gasteiger partial charge in [0.2, 0.25) is 0 Å². The van der Waals surface area contributed by atoms with E-state index in [1.54, 1.807) is 37.3 Å². The molecule has 2 heterocycles. The summed E-state index contributed by atoms with van der Waals surface area (Å²) in [5.41, 5.74) is 5.22. The predicted molar refractivity (Wildman–Crippen MR) is 92.1 cm³/mol. The van der Waals surface area contributed by atoms with Crippen molar-refractivity contribution in [1.82, 2.24) is 16.2 Å². The second kappa shape index (κ2) is 7.32. The minimum atomic E-state index is -1.03. The molecule has 0 aliphatic rings. The van der Waals surface area contributed by atoms with Gasteiger partial charge in [0.05, 0.1) is 12.8 Å². The smallest absolute Gasteiger partial charge is 0.327 e. The summed E-state index contributed by atoms with van der Waals surface area (Å²) in [5.74, 6) is -2.14. The maximum absolute atomic E-state index is 12.2. The molecule has 0 saturated heterocycles. The zero-order chi connectivity index (χ0) is 18.7. The molecule has 0 bridgehead atoms. The molecule has 0 fully saturated rings. The van der Waals surface area contributed by atoms with Crippen LogP contribution in [0.3, 0.4) is 0 Å². The van der Waals surface area contributed by atoms with E-state index in [0.29, 0.717) is 27.3 Å². The second-order valence-electron chi connectivity index (χ2n) is 5.37. The Labute approximate surface area is 152 Å². The summed E-state index contributed by atoms with van der Waals surface area (Å²) in [6, 6.07) is 8.26. The lowest BCUT2D eigenvalue weighted by Gasteiger charge is -2.06. The van der Waals surface area contributed by atoms with E-state index in [9.17, 15) is 14.4 Å². The first kappa shape index (κ1) is 17.6. The van der Waals surface area contributed by atoms with Gasteiger partial charge >= 0.3 is 17.7 Å². The molecule has 0 aliphatic carbocycles. The van der Waals surface area contributed by atoms with Crippen LogP contribution in [-0.2, 0) is 16.1 Å². The highest BCUT2D eigenvalue weighted by molar-refractivity contribution is 6.35. The summed E-state index contributed by atoms with van der Waals surface area (Å²) >= 11 is 5.93. The van der Waals surface area contributed by atoms with Crippen molar-refractivity contribution in [2.45, 2.75) is 13.5 Å². The molecular weight excluding hydrogens is 362 g/mol. The number of carbonyl (C=O) groups is 3. The molecule has 8 nitrogen and oxygen atoms in total. The fraction of sp³-hybridized carbons (Fsp3) is 0.118. The molecule has 2 aromatic heterocycles. The van der Waals surface area contributed by atoms with Crippen LogP contribution in [0.15, 0.2) is 45.4 Å². The minimum absolute atomic E-state index is 0.0126. The van der Waals surface area contributed by atoms with Gasteiger partial charge in [-0.25, -0.2) is 0 Å². The molecule has 26 heavy (non-hydrogen) atoms. The van der Waals surface area contributed by atoms with Crippen LogP contribution in [-0.4, -0.2) is 17.7 Å². The molecular formula is C17H14ClN3O5. The van der Waals surface area contributed by atoms with Crippen LogP contribution >= 0.6 is 11.6 Å². The van der Waals surface area contributed by atoms with Crippen molar-refractivity contribution in [2.24, 2.45) is 0 Å². The summed E-state index contributed by atoms with van der Waals surface area (Å²) in [5, 5.41) is 3.55. The molecule has 0 atom stereocenters. The summed E-state index contributed by atoms with van der Waals surface area (Å²) in [6.07, 6.45) is 1.45. The fourth-order valence-corrected chi connectivity index (χ4v) is 2.47. The Kier molecular flexibility index (Phi) is 4.94. The molecule has 0 saturated carbocycles. The lowest BCUT2D eigenvalue weighted by Crippen LogP contribution is -2.48. The Balaban J connectivity index is 1.59. The van der Waals surface area contributed by atoms with Crippen molar-refractivity contribution in [1.29, 1.82) is 0 Å². The molecule has 9 heteroatoms. The highest BCUT2D eigenvalue weighted by Crippen LogP contribution is 2.27. The third-order valence-corrected chi connectivity index (χ3v) is 3.84. The van der Waals surface area contributed by atoms with Gasteiger partial charge in [-0.3, -0.25) is 25.2 Å². The molecule has 1 aromatic carbocycles. The average molecular weight is 376 g/mol. The highest BCUT2D eigenvalue weighted by Gasteiger charge is 2.20. The highest BCUT2D eigenvalue weighted by atomic mass is 35.5. The maximum Gasteiger partial charge on any atom is 0.327 e. The largest absolute Gasteiger partial charge is 0.467 e. The minimum Gasteiger partial charge on any atom is -0.467 e. The Morgan fingerprint density at radius 1 is 1.12 bits per heavy atom. The number of carbonyl (C=O) groups excluding carboxylic acids is 3. The number of amides is 3. The summed E-state index contributed by atoms with van der Waals surface area (Å²) < 4.78 is 10.5. The monoisotopic (exact) mass is 375 g/mol. The van der Waals surface area contributed by atoms with Crippen LogP contribution < -0.4 is 16.2 Å². The second-order valence-corrected chi connectivity index (χ2v) is 5.80. The van der Waals surface area contributed by atoms with Gasteiger partial charge in [0.15, 0.2) is 5.76 Å². The topological polar surface area (TPSA) is 114 Å². The van der Waals surface area contributed by atoms with Crippen molar-refractivity contribution >= 4 is 40.3 Å². The number of rotatable bonds is 3. The van der Waals surface area contributed by atoms with Crippen molar-refractivity contribution in [3.05, 3.63) is 58.7 Å². The van der Waals surface area contributed by atoms with Crippen LogP contribution in [0.25, 0.3) is 11.0 Å². The van der Waals surface area contributed by atoms with Gasteiger partial charge in [0, 0.05) is 16.0 Å². The SMILES string of the molecule is Cc1c(C(=O)NNC(=O)C(=O)NCc2ccco2)oc2ccc(Cl)cc12. The Morgan fingerprint density at radius 2 is 1.92 bits per heavy atom. The number of halogens is 1. The zero-order valence-corrected chi connectivity index (χ0v) is 14.3. The van der Waals surface area contributed by atoms with Crippen molar-refractivity contribution in [3.63, 3.8) is 0 Å². The summed E-state index contributed by atoms with van der Waals surface area (Å²) in [6.45, 7) is 1.74. The van der Waals surface area contributed by atoms with Crippen LogP contribution in [0.2, 0.25) is 5.02 Å². The van der Waals surface area contributed by atoms with E-state index in [4.69, 9.17) is 20.4 Å². The standard InChI is InChI=1S/C17H14ClN3O5/c1-9-12-7-10(18)4-5-13(12)26-14(9)15(22)20-21-17(24)16(23)19-8-11-3-2-6-25-11/h2-7H,8H2,1H3,(H,19,23)(H,20,22)(H,21,24). The molecule has 0 unspecified atom stereocenters. The van der Waals surface area contributed by atoms with Crippen LogP contribution in [0.1, 0.15) is 21.9 Å². The Morgan fingerprint density at radius 3 is 2.65 bits per heavy atom. The first-order valence-corrected chi connectivity index (χ1v) is 7.93. The molecule has 0 spiro atoms. The Bertz CT molecular complexity index is 978. The number of hydrogen-bond acceptors (Lipinski definition) is 5. The average Bonchev–Trinajstić information content (AvgIpc) is 3.26. The molecule has 134 valence electrons. The van der Waals surface area contributed by atoms with Crippen LogP contribution in [0, 0.1) is 6.92 Å². The number of aryl methyl sites for hydroxylation is 1. The van der Waals surface area contributed by atoms with E-state index in [1.807, 2.05) is 5.43 Å². The van der Waals surface area contributed by atoms with Gasteiger partial charge in [0.25, 0.3) is 0 Å². The predicted octanol–water partition coefficient (Wildman–Crippen LogP) is 2.07. The van der Waals surface area contributed by atoms with Crippen LogP contribution in [0.4, 0.5) is 0 Å². The first-order valence-electron chi connectivity index (χ1n) is 7.55. The molecule has 0 radical (unpaired) electrons. The van der Waals surface area contributed by atoms with Gasteiger partial charge in [-0.2, -0.15) is 0 Å².